The van der Waals surface area contributed by atoms with Crippen molar-refractivity contribution in [2.45, 2.75) is 18.7 Å². The molecule has 1 aromatic carbocycles. The largest absolute Gasteiger partial charge is 0.463 e. The van der Waals surface area contributed by atoms with E-state index in [1.807, 2.05) is 0 Å². The molecule has 0 amide bonds. The smallest absolute Gasteiger partial charge is 0.432 e. The lowest BCUT2D eigenvalue weighted by Gasteiger charge is -2.28. The van der Waals surface area contributed by atoms with Gasteiger partial charge in [-0.15, -0.1) is 0 Å². The molecule has 1 aromatic rings. The number of aliphatic hydroxyl groups is 1. The maximum absolute atomic E-state index is 12.9. The topological polar surface area (TPSA) is 46.5 Å². The summed E-state index contributed by atoms with van der Waals surface area (Å²) in [6.45, 7) is 1.10. The Morgan fingerprint density at radius 3 is 2.22 bits per heavy atom. The number of carbonyl (C=O) groups excluding carboxylic acids is 1. The second kappa shape index (κ2) is 5.27. The molecule has 7 heteroatoms. The van der Waals surface area contributed by atoms with Crippen molar-refractivity contribution >= 4 is 21.9 Å². The molecule has 0 aromatic heterocycles. The molecule has 0 radical (unpaired) electrons. The zero-order valence-electron chi connectivity index (χ0n) is 9.29. The summed E-state index contributed by atoms with van der Waals surface area (Å²) < 4.78 is 43.5. The van der Waals surface area contributed by atoms with Crippen LogP contribution >= 0.6 is 15.9 Å². The number of esters is 1. The molecule has 0 saturated heterocycles. The SMILES string of the molecule is CCOC(=O)C(O)(c1ccc(Br)cc1)C(F)(F)F. The zero-order valence-corrected chi connectivity index (χ0v) is 10.9. The molecule has 0 bridgehead atoms. The summed E-state index contributed by atoms with van der Waals surface area (Å²) in [6.07, 6.45) is -5.16. The highest BCUT2D eigenvalue weighted by Crippen LogP contribution is 2.40. The number of benzene rings is 1. The van der Waals surface area contributed by atoms with Crippen molar-refractivity contribution in [3.63, 3.8) is 0 Å². The highest BCUT2D eigenvalue weighted by Gasteiger charge is 2.62. The van der Waals surface area contributed by atoms with E-state index in [4.69, 9.17) is 0 Å². The molecule has 0 fully saturated rings. The summed E-state index contributed by atoms with van der Waals surface area (Å²) in [7, 11) is 0. The van der Waals surface area contributed by atoms with Gasteiger partial charge in [0.05, 0.1) is 6.61 Å². The number of hydrogen-bond acceptors (Lipinski definition) is 3. The van der Waals surface area contributed by atoms with Crippen LogP contribution in [0.5, 0.6) is 0 Å². The van der Waals surface area contributed by atoms with Gasteiger partial charge in [-0.1, -0.05) is 28.1 Å². The van der Waals surface area contributed by atoms with Crippen LogP contribution in [0, 0.1) is 0 Å². The first-order valence-electron chi connectivity index (χ1n) is 4.95. The molecule has 0 saturated carbocycles. The van der Waals surface area contributed by atoms with Crippen LogP contribution in [0.2, 0.25) is 0 Å². The molecule has 1 atom stereocenters. The Morgan fingerprint density at radius 2 is 1.83 bits per heavy atom. The number of alkyl halides is 3. The minimum Gasteiger partial charge on any atom is -0.463 e. The van der Waals surface area contributed by atoms with Crippen molar-refractivity contribution in [3.8, 4) is 0 Å². The molecular formula is C11H10BrF3O3. The lowest BCUT2D eigenvalue weighted by molar-refractivity contribution is -0.267. The number of ether oxygens (including phenoxy) is 1. The van der Waals surface area contributed by atoms with Crippen molar-refractivity contribution in [2.75, 3.05) is 6.61 Å². The van der Waals surface area contributed by atoms with E-state index in [0.717, 1.165) is 12.1 Å². The fourth-order valence-corrected chi connectivity index (χ4v) is 1.59. The molecule has 100 valence electrons. The van der Waals surface area contributed by atoms with Gasteiger partial charge in [-0.2, -0.15) is 13.2 Å². The van der Waals surface area contributed by atoms with Crippen molar-refractivity contribution in [2.24, 2.45) is 0 Å². The normalized spacial score (nSPS) is 15.0. The van der Waals surface area contributed by atoms with Crippen molar-refractivity contribution < 1.29 is 27.8 Å². The Bertz CT molecular complexity index is 430. The molecule has 3 nitrogen and oxygen atoms in total. The fourth-order valence-electron chi connectivity index (χ4n) is 1.32. The van der Waals surface area contributed by atoms with E-state index in [1.54, 1.807) is 0 Å². The lowest BCUT2D eigenvalue weighted by Crippen LogP contribution is -2.50. The average Bonchev–Trinajstić information content (AvgIpc) is 2.27. The minimum absolute atomic E-state index is 0.256. The highest BCUT2D eigenvalue weighted by atomic mass is 79.9. The van der Waals surface area contributed by atoms with E-state index < -0.39 is 23.3 Å². The molecule has 0 heterocycles. The van der Waals surface area contributed by atoms with Gasteiger partial charge in [0.1, 0.15) is 0 Å². The van der Waals surface area contributed by atoms with Gasteiger partial charge >= 0.3 is 12.1 Å². The predicted octanol–water partition coefficient (Wildman–Crippen LogP) is 2.76. The zero-order chi connectivity index (χ0) is 14.0. The average molecular weight is 327 g/mol. The molecule has 0 aliphatic heterocycles. The molecule has 1 N–H and O–H groups in total. The number of hydrogen-bond donors (Lipinski definition) is 1. The van der Waals surface area contributed by atoms with Crippen LogP contribution < -0.4 is 0 Å². The Morgan fingerprint density at radius 1 is 1.33 bits per heavy atom. The first-order chi connectivity index (χ1) is 8.23. The van der Waals surface area contributed by atoms with Gasteiger partial charge in [-0.05, 0) is 19.1 Å². The van der Waals surface area contributed by atoms with Crippen LogP contribution in [0.1, 0.15) is 12.5 Å². The summed E-state index contributed by atoms with van der Waals surface area (Å²) in [5.74, 6) is -1.74. The van der Waals surface area contributed by atoms with Crippen LogP contribution in [0.4, 0.5) is 13.2 Å². The number of rotatable bonds is 3. The third-order valence-electron chi connectivity index (χ3n) is 2.24. The van der Waals surface area contributed by atoms with Crippen LogP contribution in [0.25, 0.3) is 0 Å². The number of carbonyl (C=O) groups is 1. The standard InChI is InChI=1S/C11H10BrF3O3/c1-2-18-9(16)10(17,11(13,14)15)7-3-5-8(12)6-4-7/h3-6,17H,2H2,1H3. The van der Waals surface area contributed by atoms with Gasteiger partial charge in [0.25, 0.3) is 5.60 Å². The second-order valence-electron chi connectivity index (χ2n) is 3.44. The lowest BCUT2D eigenvalue weighted by atomic mass is 9.93. The Kier molecular flexibility index (Phi) is 4.39. The van der Waals surface area contributed by atoms with Gasteiger partial charge in [-0.3, -0.25) is 0 Å². The van der Waals surface area contributed by atoms with Gasteiger partial charge in [0.15, 0.2) is 0 Å². The van der Waals surface area contributed by atoms with Crippen molar-refractivity contribution in [3.05, 3.63) is 34.3 Å². The van der Waals surface area contributed by atoms with Crippen molar-refractivity contribution in [1.82, 2.24) is 0 Å². The predicted molar refractivity (Wildman–Crippen MR) is 60.7 cm³/mol. The Hall–Kier alpha value is -1.08. The maximum Gasteiger partial charge on any atom is 0.432 e. The summed E-state index contributed by atoms with van der Waals surface area (Å²) >= 11 is 3.05. The van der Waals surface area contributed by atoms with Crippen LogP contribution in [0.3, 0.4) is 0 Å². The van der Waals surface area contributed by atoms with Gasteiger partial charge in [0.2, 0.25) is 0 Å². The van der Waals surface area contributed by atoms with E-state index >= 15 is 0 Å². The van der Waals surface area contributed by atoms with E-state index in [2.05, 4.69) is 20.7 Å². The highest BCUT2D eigenvalue weighted by molar-refractivity contribution is 9.10. The summed E-state index contributed by atoms with van der Waals surface area (Å²) in [5, 5.41) is 9.69. The first kappa shape index (κ1) is 15.0. The van der Waals surface area contributed by atoms with Gasteiger partial charge < -0.3 is 9.84 Å². The summed E-state index contributed by atoms with van der Waals surface area (Å²) in [6, 6.07) is 4.61. The first-order valence-corrected chi connectivity index (χ1v) is 5.75. The number of halogens is 4. The molecule has 18 heavy (non-hydrogen) atoms. The van der Waals surface area contributed by atoms with Gasteiger partial charge in [0, 0.05) is 10.0 Å². The molecule has 0 spiro atoms. The molecule has 1 unspecified atom stereocenters. The van der Waals surface area contributed by atoms with Crippen LogP contribution in [-0.4, -0.2) is 23.9 Å². The van der Waals surface area contributed by atoms with E-state index in [-0.39, 0.29) is 6.61 Å². The minimum atomic E-state index is -5.16. The Balaban J connectivity index is 3.29. The van der Waals surface area contributed by atoms with Gasteiger partial charge in [-0.25, -0.2) is 4.79 Å². The third kappa shape index (κ3) is 2.67. The van der Waals surface area contributed by atoms with E-state index in [0.29, 0.717) is 4.47 Å². The van der Waals surface area contributed by atoms with Crippen LogP contribution in [-0.2, 0) is 15.1 Å². The Labute approximate surface area is 110 Å². The second-order valence-corrected chi connectivity index (χ2v) is 4.35. The maximum atomic E-state index is 12.9. The molecular weight excluding hydrogens is 317 g/mol. The van der Waals surface area contributed by atoms with Crippen molar-refractivity contribution in [1.29, 1.82) is 0 Å². The molecule has 1 rings (SSSR count). The third-order valence-corrected chi connectivity index (χ3v) is 2.77. The quantitative estimate of drug-likeness (QED) is 0.869. The monoisotopic (exact) mass is 326 g/mol. The summed E-state index contributed by atoms with van der Waals surface area (Å²) in [5.41, 5.74) is -4.24. The summed E-state index contributed by atoms with van der Waals surface area (Å²) in [4.78, 5) is 11.4. The van der Waals surface area contributed by atoms with Crippen LogP contribution in [0.15, 0.2) is 28.7 Å². The van der Waals surface area contributed by atoms with E-state index in [1.165, 1.54) is 19.1 Å². The van der Waals surface area contributed by atoms with E-state index in [9.17, 15) is 23.1 Å². The molecule has 0 aliphatic rings. The fraction of sp³-hybridized carbons (Fsp3) is 0.364. The molecule has 0 aliphatic carbocycles.